The third-order valence-electron chi connectivity index (χ3n) is 5.26. The van der Waals surface area contributed by atoms with Crippen molar-refractivity contribution in [1.82, 2.24) is 0 Å². The van der Waals surface area contributed by atoms with E-state index in [1.165, 1.54) is 5.56 Å². The molecule has 2 fully saturated rings. The van der Waals surface area contributed by atoms with Gasteiger partial charge in [-0.1, -0.05) is 38.1 Å². The van der Waals surface area contributed by atoms with Crippen LogP contribution in [0.5, 0.6) is 0 Å². The molecule has 3 aliphatic rings. The highest BCUT2D eigenvalue weighted by molar-refractivity contribution is 6.02. The summed E-state index contributed by atoms with van der Waals surface area (Å²) in [6, 6.07) is 7.89. The smallest absolute Gasteiger partial charge is 0.310 e. The first-order valence-corrected chi connectivity index (χ1v) is 7.94. The van der Waals surface area contributed by atoms with E-state index >= 15 is 0 Å². The van der Waals surface area contributed by atoms with Gasteiger partial charge in [-0.3, -0.25) is 9.59 Å². The Hall–Kier alpha value is -2.14. The molecule has 1 amide bonds. The number of aliphatic carboxylic acids is 1. The third-order valence-corrected chi connectivity index (χ3v) is 5.26. The minimum absolute atomic E-state index is 0.151. The molecule has 4 atom stereocenters. The van der Waals surface area contributed by atoms with Crippen molar-refractivity contribution < 1.29 is 19.4 Å². The topological polar surface area (TPSA) is 66.8 Å². The molecule has 0 aliphatic carbocycles. The molecule has 1 spiro atoms. The molecule has 1 aromatic rings. The molecule has 2 saturated heterocycles. The van der Waals surface area contributed by atoms with Gasteiger partial charge in [0.25, 0.3) is 0 Å². The Balaban J connectivity index is 1.67. The van der Waals surface area contributed by atoms with Gasteiger partial charge >= 0.3 is 5.97 Å². The van der Waals surface area contributed by atoms with Gasteiger partial charge in [0.2, 0.25) is 5.91 Å². The summed E-state index contributed by atoms with van der Waals surface area (Å²) in [5, 5.41) is 9.47. The lowest BCUT2D eigenvalue weighted by Gasteiger charge is -2.21. The highest BCUT2D eigenvalue weighted by atomic mass is 16.5. The summed E-state index contributed by atoms with van der Waals surface area (Å²) in [5.41, 5.74) is 1.23. The van der Waals surface area contributed by atoms with E-state index in [4.69, 9.17) is 4.74 Å². The van der Waals surface area contributed by atoms with Crippen molar-refractivity contribution in [2.75, 3.05) is 11.4 Å². The Morgan fingerprint density at radius 3 is 2.65 bits per heavy atom. The summed E-state index contributed by atoms with van der Waals surface area (Å²) in [6.45, 7) is 4.62. The number of fused-ring (bicyclic) bond motifs is 1. The summed E-state index contributed by atoms with van der Waals surface area (Å²) < 4.78 is 5.89. The van der Waals surface area contributed by atoms with Gasteiger partial charge in [-0.25, -0.2) is 0 Å². The molecule has 3 unspecified atom stereocenters. The summed E-state index contributed by atoms with van der Waals surface area (Å²) in [5.74, 6) is -2.10. The Labute approximate surface area is 134 Å². The average molecular weight is 313 g/mol. The van der Waals surface area contributed by atoms with Gasteiger partial charge in [0.15, 0.2) is 0 Å². The lowest BCUT2D eigenvalue weighted by Crippen LogP contribution is -2.39. The number of carbonyl (C=O) groups is 2. The van der Waals surface area contributed by atoms with Gasteiger partial charge in [-0.05, 0) is 23.6 Å². The van der Waals surface area contributed by atoms with Crippen LogP contribution in [0.25, 0.3) is 0 Å². The van der Waals surface area contributed by atoms with Crippen LogP contribution in [0.4, 0.5) is 5.69 Å². The number of anilines is 1. The lowest BCUT2D eigenvalue weighted by atomic mass is 9.77. The first-order valence-electron chi connectivity index (χ1n) is 7.94. The Bertz CT molecular complexity index is 708. The first kappa shape index (κ1) is 14.5. The fraction of sp³-hybridized carbons (Fsp3) is 0.444. The number of hydrogen-bond donors (Lipinski definition) is 1. The summed E-state index contributed by atoms with van der Waals surface area (Å²) in [4.78, 5) is 26.1. The molecule has 0 radical (unpaired) electrons. The molecule has 0 aromatic heterocycles. The summed E-state index contributed by atoms with van der Waals surface area (Å²) >= 11 is 0. The molecule has 5 heteroatoms. The number of amides is 1. The van der Waals surface area contributed by atoms with E-state index in [0.29, 0.717) is 12.5 Å². The number of carboxylic acids is 1. The summed E-state index contributed by atoms with van der Waals surface area (Å²) in [7, 11) is 0. The van der Waals surface area contributed by atoms with Crippen molar-refractivity contribution in [3.63, 3.8) is 0 Å². The lowest BCUT2D eigenvalue weighted by molar-refractivity contribution is -0.146. The van der Waals surface area contributed by atoms with Crippen molar-refractivity contribution in [3.05, 3.63) is 42.0 Å². The minimum atomic E-state index is -0.961. The van der Waals surface area contributed by atoms with Crippen LogP contribution in [0.3, 0.4) is 0 Å². The Kier molecular flexibility index (Phi) is 2.94. The van der Waals surface area contributed by atoms with E-state index in [1.807, 2.05) is 30.3 Å². The van der Waals surface area contributed by atoms with Crippen LogP contribution in [-0.2, 0) is 14.3 Å². The van der Waals surface area contributed by atoms with Gasteiger partial charge in [-0.2, -0.15) is 0 Å². The predicted octanol–water partition coefficient (Wildman–Crippen LogP) is 2.18. The molecule has 5 nitrogen and oxygen atoms in total. The van der Waals surface area contributed by atoms with E-state index in [1.54, 1.807) is 11.0 Å². The maximum atomic E-state index is 12.9. The zero-order valence-electron chi connectivity index (χ0n) is 13.1. The molecule has 1 aromatic carbocycles. The van der Waals surface area contributed by atoms with E-state index in [-0.39, 0.29) is 5.91 Å². The van der Waals surface area contributed by atoms with Crippen LogP contribution in [0.15, 0.2) is 36.4 Å². The van der Waals surface area contributed by atoms with E-state index in [0.717, 1.165) is 5.69 Å². The SMILES string of the molecule is CC(C)c1ccc(N2C[C@@]34C=CC(O3)C(C(=O)O)C4C2=O)cc1. The van der Waals surface area contributed by atoms with Gasteiger partial charge < -0.3 is 14.7 Å². The second-order valence-corrected chi connectivity index (χ2v) is 6.91. The Morgan fingerprint density at radius 2 is 2.04 bits per heavy atom. The third kappa shape index (κ3) is 1.89. The zero-order valence-corrected chi connectivity index (χ0v) is 13.1. The van der Waals surface area contributed by atoms with Crippen LogP contribution < -0.4 is 4.90 Å². The van der Waals surface area contributed by atoms with E-state index < -0.39 is 29.5 Å². The van der Waals surface area contributed by atoms with Crippen LogP contribution in [0.2, 0.25) is 0 Å². The zero-order chi connectivity index (χ0) is 16.4. The number of benzene rings is 1. The number of rotatable bonds is 3. The van der Waals surface area contributed by atoms with Crippen LogP contribution in [0, 0.1) is 11.8 Å². The van der Waals surface area contributed by atoms with Crippen LogP contribution >= 0.6 is 0 Å². The van der Waals surface area contributed by atoms with Gasteiger partial charge in [0.1, 0.15) is 11.5 Å². The number of carboxylic acid groups (broad SMARTS) is 1. The molecule has 3 heterocycles. The van der Waals surface area contributed by atoms with Crippen molar-refractivity contribution in [3.8, 4) is 0 Å². The molecule has 120 valence electrons. The maximum absolute atomic E-state index is 12.9. The monoisotopic (exact) mass is 313 g/mol. The van der Waals surface area contributed by atoms with Gasteiger partial charge in [0.05, 0.1) is 18.6 Å². The number of hydrogen-bond acceptors (Lipinski definition) is 3. The van der Waals surface area contributed by atoms with Crippen molar-refractivity contribution in [2.24, 2.45) is 11.8 Å². The molecule has 2 bridgehead atoms. The second-order valence-electron chi connectivity index (χ2n) is 6.91. The highest BCUT2D eigenvalue weighted by Crippen LogP contribution is 2.52. The number of ether oxygens (including phenoxy) is 1. The highest BCUT2D eigenvalue weighted by Gasteiger charge is 2.67. The second kappa shape index (κ2) is 4.68. The number of nitrogens with zero attached hydrogens (tertiary/aromatic N) is 1. The molecular weight excluding hydrogens is 294 g/mol. The largest absolute Gasteiger partial charge is 0.481 e. The predicted molar refractivity (Wildman–Crippen MR) is 84.2 cm³/mol. The standard InChI is InChI=1S/C18H19NO4/c1-10(2)11-3-5-12(6-4-11)19-9-18-8-7-13(23-18)14(17(21)22)15(18)16(19)20/h3-8,10,13-15H,9H2,1-2H3,(H,21,22)/t13?,14?,15?,18-/m1/s1. The maximum Gasteiger partial charge on any atom is 0.310 e. The normalized spacial score (nSPS) is 34.5. The van der Waals surface area contributed by atoms with Gasteiger partial charge in [0, 0.05) is 5.69 Å². The quantitative estimate of drug-likeness (QED) is 0.869. The molecular formula is C18H19NO4. The first-order chi connectivity index (χ1) is 10.9. The average Bonchev–Trinajstić information content (AvgIpc) is 3.15. The molecule has 0 saturated carbocycles. The van der Waals surface area contributed by atoms with Crippen molar-refractivity contribution >= 4 is 17.6 Å². The fourth-order valence-corrected chi connectivity index (χ4v) is 4.04. The van der Waals surface area contributed by atoms with Gasteiger partial charge in [-0.15, -0.1) is 0 Å². The van der Waals surface area contributed by atoms with E-state index in [2.05, 4.69) is 13.8 Å². The molecule has 1 N–H and O–H groups in total. The van der Waals surface area contributed by atoms with Crippen molar-refractivity contribution in [1.29, 1.82) is 0 Å². The Morgan fingerprint density at radius 1 is 1.35 bits per heavy atom. The van der Waals surface area contributed by atoms with Crippen molar-refractivity contribution in [2.45, 2.75) is 31.5 Å². The van der Waals surface area contributed by atoms with Crippen LogP contribution in [0.1, 0.15) is 25.3 Å². The summed E-state index contributed by atoms with van der Waals surface area (Å²) in [6.07, 6.45) is 3.18. The fourth-order valence-electron chi connectivity index (χ4n) is 4.04. The van der Waals surface area contributed by atoms with Crippen LogP contribution in [-0.4, -0.2) is 35.2 Å². The van der Waals surface area contributed by atoms with E-state index in [9.17, 15) is 14.7 Å². The molecule has 4 rings (SSSR count). The molecule has 23 heavy (non-hydrogen) atoms. The number of carbonyl (C=O) groups excluding carboxylic acids is 1. The minimum Gasteiger partial charge on any atom is -0.481 e. The molecule has 3 aliphatic heterocycles.